The first-order chi connectivity index (χ1) is 14.6. The Kier molecular flexibility index (Phi) is 5.57. The smallest absolute Gasteiger partial charge is 0.322 e. The zero-order valence-corrected chi connectivity index (χ0v) is 16.2. The van der Waals surface area contributed by atoms with E-state index >= 15 is 0 Å². The van der Waals surface area contributed by atoms with Gasteiger partial charge in [-0.05, 0) is 48.0 Å². The maximum atomic E-state index is 13.2. The molecule has 1 atom stereocenters. The molecule has 0 radical (unpaired) electrons. The van der Waals surface area contributed by atoms with Gasteiger partial charge in [0.25, 0.3) is 0 Å². The van der Waals surface area contributed by atoms with Crippen molar-refractivity contribution >= 4 is 23.6 Å². The number of nitrogens with zero attached hydrogens (tertiary/aromatic N) is 2. The lowest BCUT2D eigenvalue weighted by atomic mass is 9.86. The molecule has 0 bridgehead atoms. The van der Waals surface area contributed by atoms with Crippen molar-refractivity contribution in [2.24, 2.45) is 0 Å². The number of phenolic OH excluding ortho intramolecular Hbond substituents is 1. The predicted molar refractivity (Wildman–Crippen MR) is 115 cm³/mol. The number of piperidine rings is 1. The maximum Gasteiger partial charge on any atom is 0.322 e. The number of Topliss-reactive ketones (excluding diaryl/α,β-unsaturated/α-hetero) is 1. The molecule has 0 spiro atoms. The Balaban J connectivity index is 1.65. The minimum absolute atomic E-state index is 0.0462. The number of benzene rings is 2. The van der Waals surface area contributed by atoms with Crippen LogP contribution in [0.15, 0.2) is 84.6 Å². The highest BCUT2D eigenvalue weighted by Gasteiger charge is 2.34. The van der Waals surface area contributed by atoms with E-state index in [4.69, 9.17) is 0 Å². The van der Waals surface area contributed by atoms with Crippen LogP contribution in [0, 0.1) is 0 Å². The van der Waals surface area contributed by atoms with E-state index < -0.39 is 5.92 Å². The van der Waals surface area contributed by atoms with Gasteiger partial charge in [0.15, 0.2) is 5.78 Å². The molecule has 2 amide bonds. The van der Waals surface area contributed by atoms with Gasteiger partial charge >= 0.3 is 6.03 Å². The number of ketones is 1. The van der Waals surface area contributed by atoms with Gasteiger partial charge in [0.1, 0.15) is 5.75 Å². The molecule has 30 heavy (non-hydrogen) atoms. The number of hydrogen-bond acceptors (Lipinski definition) is 4. The Morgan fingerprint density at radius 3 is 2.47 bits per heavy atom. The molecule has 3 aromatic rings. The lowest BCUT2D eigenvalue weighted by Gasteiger charge is -2.33. The Labute approximate surface area is 174 Å². The van der Waals surface area contributed by atoms with Gasteiger partial charge in [0, 0.05) is 24.0 Å². The number of carbonyl (C=O) groups is 2. The van der Waals surface area contributed by atoms with Gasteiger partial charge < -0.3 is 15.3 Å². The lowest BCUT2D eigenvalue weighted by molar-refractivity contribution is -0.118. The highest BCUT2D eigenvalue weighted by molar-refractivity contribution is 6.06. The van der Waals surface area contributed by atoms with Crippen LogP contribution in [0.2, 0.25) is 0 Å². The molecule has 0 saturated carbocycles. The SMILES string of the molecule is O=C1/C(=C\c2ccccn2)CN(C(=O)Nc2ccccc2)CC1c1ccc(O)cc1. The number of pyridine rings is 1. The third-order valence-corrected chi connectivity index (χ3v) is 5.01. The first-order valence-corrected chi connectivity index (χ1v) is 9.66. The average Bonchev–Trinajstić information content (AvgIpc) is 2.77. The number of aromatic hydroxyl groups is 1. The summed E-state index contributed by atoms with van der Waals surface area (Å²) in [7, 11) is 0. The van der Waals surface area contributed by atoms with Crippen molar-refractivity contribution in [2.45, 2.75) is 5.92 Å². The monoisotopic (exact) mass is 399 g/mol. The van der Waals surface area contributed by atoms with Crippen LogP contribution in [0.5, 0.6) is 5.75 Å². The van der Waals surface area contributed by atoms with Crippen LogP contribution in [-0.2, 0) is 4.79 Å². The molecule has 1 unspecified atom stereocenters. The van der Waals surface area contributed by atoms with Crippen molar-refractivity contribution in [3.63, 3.8) is 0 Å². The second-order valence-electron chi connectivity index (χ2n) is 7.11. The van der Waals surface area contributed by atoms with Gasteiger partial charge in [0.05, 0.1) is 18.2 Å². The number of amides is 2. The van der Waals surface area contributed by atoms with Crippen LogP contribution in [0.1, 0.15) is 17.2 Å². The van der Waals surface area contributed by atoms with E-state index in [1.807, 2.05) is 48.5 Å². The number of nitrogens with one attached hydrogen (secondary N) is 1. The van der Waals surface area contributed by atoms with Crippen molar-refractivity contribution in [3.05, 3.63) is 95.8 Å². The summed E-state index contributed by atoms with van der Waals surface area (Å²) >= 11 is 0. The Morgan fingerprint density at radius 2 is 1.77 bits per heavy atom. The molecule has 1 aliphatic heterocycles. The summed E-state index contributed by atoms with van der Waals surface area (Å²) in [5.74, 6) is -0.434. The average molecular weight is 399 g/mol. The van der Waals surface area contributed by atoms with Gasteiger partial charge in [-0.3, -0.25) is 9.78 Å². The number of phenols is 1. The third kappa shape index (κ3) is 4.38. The molecular weight excluding hydrogens is 378 g/mol. The quantitative estimate of drug-likeness (QED) is 0.651. The van der Waals surface area contributed by atoms with Crippen LogP contribution >= 0.6 is 0 Å². The minimum Gasteiger partial charge on any atom is -0.508 e. The molecule has 6 nitrogen and oxygen atoms in total. The van der Waals surface area contributed by atoms with Crippen LogP contribution in [0.3, 0.4) is 0 Å². The van der Waals surface area contributed by atoms with Gasteiger partial charge in [-0.1, -0.05) is 36.4 Å². The molecule has 1 aromatic heterocycles. The van der Waals surface area contributed by atoms with E-state index in [9.17, 15) is 14.7 Å². The molecule has 2 N–H and O–H groups in total. The normalized spacial score (nSPS) is 17.7. The summed E-state index contributed by atoms with van der Waals surface area (Å²) in [5.41, 5.74) is 2.62. The predicted octanol–water partition coefficient (Wildman–Crippen LogP) is 4.07. The number of aromatic nitrogens is 1. The molecule has 1 saturated heterocycles. The molecule has 150 valence electrons. The Hall–Kier alpha value is -3.93. The standard InChI is InChI=1S/C24H21N3O3/c28-21-11-9-17(10-12-21)22-16-27(24(30)26-19-6-2-1-3-7-19)15-18(23(22)29)14-20-8-4-5-13-25-20/h1-14,22,28H,15-16H2,(H,26,30)/b18-14-. The van der Waals surface area contributed by atoms with Crippen molar-refractivity contribution < 1.29 is 14.7 Å². The second kappa shape index (κ2) is 8.61. The van der Waals surface area contributed by atoms with Crippen LogP contribution in [-0.4, -0.2) is 39.9 Å². The van der Waals surface area contributed by atoms with Gasteiger partial charge in [-0.2, -0.15) is 0 Å². The van der Waals surface area contributed by atoms with Crippen molar-refractivity contribution in [3.8, 4) is 5.75 Å². The fourth-order valence-electron chi connectivity index (χ4n) is 3.47. The number of anilines is 1. The van der Waals surface area contributed by atoms with E-state index in [-0.39, 0.29) is 30.7 Å². The number of likely N-dealkylation sites (tertiary alicyclic amines) is 1. The third-order valence-electron chi connectivity index (χ3n) is 5.01. The summed E-state index contributed by atoms with van der Waals surface area (Å²) in [6.45, 7) is 0.449. The van der Waals surface area contributed by atoms with Gasteiger partial charge in [0.2, 0.25) is 0 Å². The molecule has 1 fully saturated rings. The molecule has 0 aliphatic carbocycles. The number of rotatable bonds is 3. The van der Waals surface area contributed by atoms with Crippen LogP contribution < -0.4 is 5.32 Å². The Bertz CT molecular complexity index is 1060. The largest absolute Gasteiger partial charge is 0.508 e. The topological polar surface area (TPSA) is 82.5 Å². The van der Waals surface area contributed by atoms with E-state index in [1.165, 1.54) is 0 Å². The Morgan fingerprint density at radius 1 is 1.03 bits per heavy atom. The fourth-order valence-corrected chi connectivity index (χ4v) is 3.47. The van der Waals surface area contributed by atoms with Crippen LogP contribution in [0.4, 0.5) is 10.5 Å². The molecule has 6 heteroatoms. The van der Waals surface area contributed by atoms with E-state index in [1.54, 1.807) is 41.4 Å². The van der Waals surface area contributed by atoms with Gasteiger partial charge in [-0.25, -0.2) is 4.79 Å². The van der Waals surface area contributed by atoms with Crippen molar-refractivity contribution in [1.82, 2.24) is 9.88 Å². The lowest BCUT2D eigenvalue weighted by Crippen LogP contribution is -2.46. The van der Waals surface area contributed by atoms with E-state index in [0.717, 1.165) is 5.56 Å². The summed E-state index contributed by atoms with van der Waals surface area (Å²) in [4.78, 5) is 32.0. The second-order valence-corrected chi connectivity index (χ2v) is 7.11. The fraction of sp³-hybridized carbons (Fsp3) is 0.125. The zero-order chi connectivity index (χ0) is 20.9. The minimum atomic E-state index is -0.518. The van der Waals surface area contributed by atoms with E-state index in [2.05, 4.69) is 10.3 Å². The van der Waals surface area contributed by atoms with E-state index in [0.29, 0.717) is 17.0 Å². The summed E-state index contributed by atoms with van der Waals surface area (Å²) in [6.07, 6.45) is 3.40. The highest BCUT2D eigenvalue weighted by Crippen LogP contribution is 2.29. The molecule has 4 rings (SSSR count). The first-order valence-electron chi connectivity index (χ1n) is 9.66. The zero-order valence-electron chi connectivity index (χ0n) is 16.2. The summed E-state index contributed by atoms with van der Waals surface area (Å²) in [6, 6.07) is 20.9. The molecular formula is C24H21N3O3. The highest BCUT2D eigenvalue weighted by atomic mass is 16.3. The number of urea groups is 1. The molecule has 2 aromatic carbocycles. The summed E-state index contributed by atoms with van der Waals surface area (Å²) in [5, 5.41) is 12.5. The number of hydrogen-bond donors (Lipinski definition) is 2. The number of carbonyl (C=O) groups excluding carboxylic acids is 2. The maximum absolute atomic E-state index is 13.2. The van der Waals surface area contributed by atoms with Crippen molar-refractivity contribution in [2.75, 3.05) is 18.4 Å². The summed E-state index contributed by atoms with van der Waals surface area (Å²) < 4.78 is 0. The van der Waals surface area contributed by atoms with Crippen LogP contribution in [0.25, 0.3) is 6.08 Å². The molecule has 2 heterocycles. The van der Waals surface area contributed by atoms with Crippen molar-refractivity contribution in [1.29, 1.82) is 0 Å². The number of para-hydroxylation sites is 1. The first kappa shape index (κ1) is 19.4. The molecule has 1 aliphatic rings. The van der Waals surface area contributed by atoms with Gasteiger partial charge in [-0.15, -0.1) is 0 Å².